The minimum atomic E-state index is -2.99. The molecular weight excluding hydrogens is 355 g/mol. The number of alkyl halides is 2. The molecule has 0 aliphatic rings. The van der Waals surface area contributed by atoms with Gasteiger partial charge in [-0.3, -0.25) is 0 Å². The van der Waals surface area contributed by atoms with Crippen molar-refractivity contribution >= 4 is 21.9 Å². The highest BCUT2D eigenvalue weighted by atomic mass is 79.9. The SMILES string of the molecule is CCOC(=O)c1oc(-c2ccc(F)c(Br)c2)nc1C(F)F. The van der Waals surface area contributed by atoms with Crippen molar-refractivity contribution in [3.05, 3.63) is 39.9 Å². The third kappa shape index (κ3) is 3.26. The van der Waals surface area contributed by atoms with Gasteiger partial charge in [0.25, 0.3) is 6.43 Å². The highest BCUT2D eigenvalue weighted by Crippen LogP contribution is 2.30. The third-order valence-electron chi connectivity index (χ3n) is 2.49. The van der Waals surface area contributed by atoms with Gasteiger partial charge in [0.05, 0.1) is 11.1 Å². The van der Waals surface area contributed by atoms with Crippen LogP contribution in [0.3, 0.4) is 0 Å². The lowest BCUT2D eigenvalue weighted by Gasteiger charge is -1.99. The molecule has 1 heterocycles. The van der Waals surface area contributed by atoms with E-state index < -0.39 is 29.7 Å². The number of carbonyl (C=O) groups is 1. The monoisotopic (exact) mass is 363 g/mol. The summed E-state index contributed by atoms with van der Waals surface area (Å²) in [5.74, 6) is -2.41. The Morgan fingerprint density at radius 2 is 2.19 bits per heavy atom. The van der Waals surface area contributed by atoms with Crippen LogP contribution in [-0.2, 0) is 4.74 Å². The first-order valence-corrected chi connectivity index (χ1v) is 6.64. The highest BCUT2D eigenvalue weighted by molar-refractivity contribution is 9.10. The Labute approximate surface area is 126 Å². The zero-order valence-corrected chi connectivity index (χ0v) is 12.3. The fourth-order valence-electron chi connectivity index (χ4n) is 1.58. The average Bonchev–Trinajstić information content (AvgIpc) is 2.87. The lowest BCUT2D eigenvalue weighted by molar-refractivity contribution is 0.0476. The van der Waals surface area contributed by atoms with Crippen molar-refractivity contribution in [1.29, 1.82) is 0 Å². The number of esters is 1. The largest absolute Gasteiger partial charge is 0.460 e. The molecule has 0 aliphatic heterocycles. The summed E-state index contributed by atoms with van der Waals surface area (Å²) in [4.78, 5) is 15.2. The Morgan fingerprint density at radius 1 is 1.48 bits per heavy atom. The molecule has 112 valence electrons. The minimum Gasteiger partial charge on any atom is -0.460 e. The number of aromatic nitrogens is 1. The molecular formula is C13H9BrF3NO3. The van der Waals surface area contributed by atoms with E-state index in [1.165, 1.54) is 19.1 Å². The van der Waals surface area contributed by atoms with E-state index in [1.807, 2.05) is 0 Å². The zero-order chi connectivity index (χ0) is 15.6. The van der Waals surface area contributed by atoms with Crippen LogP contribution in [0.15, 0.2) is 27.1 Å². The van der Waals surface area contributed by atoms with Crippen LogP contribution in [0.5, 0.6) is 0 Å². The lowest BCUT2D eigenvalue weighted by atomic mass is 10.2. The molecule has 0 radical (unpaired) electrons. The van der Waals surface area contributed by atoms with Gasteiger partial charge in [-0.2, -0.15) is 0 Å². The van der Waals surface area contributed by atoms with Gasteiger partial charge in [0.15, 0.2) is 5.69 Å². The van der Waals surface area contributed by atoms with Gasteiger partial charge in [0.2, 0.25) is 11.7 Å². The molecule has 0 bridgehead atoms. The summed E-state index contributed by atoms with van der Waals surface area (Å²) < 4.78 is 48.8. The number of carbonyl (C=O) groups excluding carboxylic acids is 1. The normalized spacial score (nSPS) is 11.0. The highest BCUT2D eigenvalue weighted by Gasteiger charge is 2.28. The topological polar surface area (TPSA) is 52.3 Å². The quantitative estimate of drug-likeness (QED) is 0.757. The molecule has 2 rings (SSSR count). The Morgan fingerprint density at radius 3 is 2.76 bits per heavy atom. The van der Waals surface area contributed by atoms with Crippen molar-refractivity contribution in [2.24, 2.45) is 0 Å². The van der Waals surface area contributed by atoms with Crippen molar-refractivity contribution in [3.63, 3.8) is 0 Å². The predicted molar refractivity (Wildman–Crippen MR) is 70.5 cm³/mol. The fourth-order valence-corrected chi connectivity index (χ4v) is 1.95. The molecule has 0 atom stereocenters. The van der Waals surface area contributed by atoms with E-state index in [-0.39, 0.29) is 22.5 Å². The summed E-state index contributed by atoms with van der Waals surface area (Å²) in [6, 6.07) is 3.73. The van der Waals surface area contributed by atoms with Gasteiger partial charge in [-0.25, -0.2) is 22.9 Å². The van der Waals surface area contributed by atoms with Crippen molar-refractivity contribution in [2.45, 2.75) is 13.3 Å². The number of oxazole rings is 1. The molecule has 0 spiro atoms. The number of hydrogen-bond acceptors (Lipinski definition) is 4. The van der Waals surface area contributed by atoms with E-state index in [2.05, 4.69) is 25.7 Å². The first kappa shape index (κ1) is 15.6. The van der Waals surface area contributed by atoms with Crippen LogP contribution in [0.25, 0.3) is 11.5 Å². The second-order valence-electron chi connectivity index (χ2n) is 3.88. The summed E-state index contributed by atoms with van der Waals surface area (Å²) in [6.07, 6.45) is -2.99. The van der Waals surface area contributed by atoms with Gasteiger partial charge in [-0.15, -0.1) is 0 Å². The number of benzene rings is 1. The molecule has 0 N–H and O–H groups in total. The van der Waals surface area contributed by atoms with E-state index >= 15 is 0 Å². The molecule has 0 fully saturated rings. The second kappa shape index (κ2) is 6.30. The van der Waals surface area contributed by atoms with Gasteiger partial charge in [0, 0.05) is 5.56 Å². The van der Waals surface area contributed by atoms with Crippen LogP contribution >= 0.6 is 15.9 Å². The Balaban J connectivity index is 2.48. The molecule has 4 nitrogen and oxygen atoms in total. The van der Waals surface area contributed by atoms with Crippen LogP contribution in [-0.4, -0.2) is 17.6 Å². The maximum Gasteiger partial charge on any atom is 0.376 e. The average molecular weight is 364 g/mol. The molecule has 2 aromatic rings. The van der Waals surface area contributed by atoms with Gasteiger partial charge < -0.3 is 9.15 Å². The van der Waals surface area contributed by atoms with Crippen LogP contribution in [0.2, 0.25) is 0 Å². The van der Waals surface area contributed by atoms with E-state index in [0.29, 0.717) is 0 Å². The minimum absolute atomic E-state index is 0.0135. The molecule has 1 aromatic carbocycles. The maximum atomic E-state index is 13.2. The number of halogens is 4. The van der Waals surface area contributed by atoms with Crippen molar-refractivity contribution in [3.8, 4) is 11.5 Å². The molecule has 21 heavy (non-hydrogen) atoms. The molecule has 0 saturated carbocycles. The number of rotatable bonds is 4. The molecule has 0 amide bonds. The molecule has 0 aliphatic carbocycles. The summed E-state index contributed by atoms with van der Waals surface area (Å²) in [7, 11) is 0. The zero-order valence-electron chi connectivity index (χ0n) is 10.7. The third-order valence-corrected chi connectivity index (χ3v) is 3.10. The second-order valence-corrected chi connectivity index (χ2v) is 4.74. The van der Waals surface area contributed by atoms with Crippen molar-refractivity contribution in [1.82, 2.24) is 4.98 Å². The van der Waals surface area contributed by atoms with E-state index in [4.69, 9.17) is 4.42 Å². The summed E-state index contributed by atoms with van der Waals surface area (Å²) >= 11 is 2.97. The molecule has 8 heteroatoms. The smallest absolute Gasteiger partial charge is 0.376 e. The Hall–Kier alpha value is -1.83. The first-order chi connectivity index (χ1) is 9.93. The number of hydrogen-bond donors (Lipinski definition) is 0. The molecule has 1 aromatic heterocycles. The lowest BCUT2D eigenvalue weighted by Crippen LogP contribution is -2.06. The van der Waals surface area contributed by atoms with Gasteiger partial charge in [-0.05, 0) is 41.1 Å². The Kier molecular flexibility index (Phi) is 4.66. The number of ether oxygens (including phenoxy) is 1. The maximum absolute atomic E-state index is 13.2. The predicted octanol–water partition coefficient (Wildman–Crippen LogP) is 4.36. The summed E-state index contributed by atoms with van der Waals surface area (Å²) in [5, 5.41) is 0. The van der Waals surface area contributed by atoms with E-state index in [9.17, 15) is 18.0 Å². The molecule has 0 saturated heterocycles. The van der Waals surface area contributed by atoms with Crippen LogP contribution in [0.4, 0.5) is 13.2 Å². The van der Waals surface area contributed by atoms with Gasteiger partial charge >= 0.3 is 5.97 Å². The van der Waals surface area contributed by atoms with Crippen LogP contribution < -0.4 is 0 Å². The fraction of sp³-hybridized carbons (Fsp3) is 0.231. The Bertz CT molecular complexity index is 673. The van der Waals surface area contributed by atoms with Gasteiger partial charge in [-0.1, -0.05) is 0 Å². The first-order valence-electron chi connectivity index (χ1n) is 5.85. The van der Waals surface area contributed by atoms with Crippen LogP contribution in [0, 0.1) is 5.82 Å². The molecule has 0 unspecified atom stereocenters. The van der Waals surface area contributed by atoms with Crippen molar-refractivity contribution in [2.75, 3.05) is 6.61 Å². The van der Waals surface area contributed by atoms with Crippen molar-refractivity contribution < 1.29 is 27.1 Å². The van der Waals surface area contributed by atoms with Gasteiger partial charge in [0.1, 0.15) is 5.82 Å². The number of nitrogens with zero attached hydrogens (tertiary/aromatic N) is 1. The van der Waals surface area contributed by atoms with E-state index in [0.717, 1.165) is 6.07 Å². The summed E-state index contributed by atoms with van der Waals surface area (Å²) in [5.41, 5.74) is -0.551. The standard InChI is InChI=1S/C13H9BrF3NO3/c1-2-20-13(19)10-9(11(16)17)18-12(21-10)6-3-4-8(15)7(14)5-6/h3-5,11H,2H2,1H3. The van der Waals surface area contributed by atoms with Crippen LogP contribution in [0.1, 0.15) is 29.6 Å². The van der Waals surface area contributed by atoms with E-state index in [1.54, 1.807) is 0 Å². The summed E-state index contributed by atoms with van der Waals surface area (Å²) in [6.45, 7) is 1.55.